The van der Waals surface area contributed by atoms with Gasteiger partial charge in [-0.1, -0.05) is 11.6 Å². The van der Waals surface area contributed by atoms with Crippen molar-refractivity contribution in [3.8, 4) is 0 Å². The summed E-state index contributed by atoms with van der Waals surface area (Å²) in [4.78, 5) is 4.07. The van der Waals surface area contributed by atoms with E-state index in [0.29, 0.717) is 5.15 Å². The fraction of sp³-hybridized carbons (Fsp3) is 0.615. The van der Waals surface area contributed by atoms with Crippen LogP contribution in [-0.4, -0.2) is 22.2 Å². The molecule has 1 atom stereocenters. The molecule has 3 nitrogen and oxygen atoms in total. The maximum atomic E-state index is 6.05. The minimum Gasteiger partial charge on any atom is -0.377 e. The largest absolute Gasteiger partial charge is 0.377 e. The van der Waals surface area contributed by atoms with Crippen molar-refractivity contribution >= 4 is 17.3 Å². The van der Waals surface area contributed by atoms with E-state index in [1.807, 2.05) is 12.1 Å². The monoisotopic (exact) mass is 254 g/mol. The molecule has 94 valence electrons. The number of hydrogen-bond acceptors (Lipinski definition) is 3. The van der Waals surface area contributed by atoms with Gasteiger partial charge in [0.1, 0.15) is 0 Å². The Morgan fingerprint density at radius 2 is 2.12 bits per heavy atom. The topological polar surface area (TPSA) is 34.2 Å². The van der Waals surface area contributed by atoms with Gasteiger partial charge >= 0.3 is 0 Å². The lowest BCUT2D eigenvalue weighted by molar-refractivity contribution is -0.0662. The van der Waals surface area contributed by atoms with Gasteiger partial charge in [0, 0.05) is 6.20 Å². The molecule has 0 radical (unpaired) electrons. The molecule has 4 heteroatoms. The first kappa shape index (κ1) is 12.7. The number of ether oxygens (including phenoxy) is 1. The van der Waals surface area contributed by atoms with Crippen molar-refractivity contribution in [3.05, 3.63) is 23.5 Å². The summed E-state index contributed by atoms with van der Waals surface area (Å²) in [6.07, 6.45) is 2.64. The fourth-order valence-corrected chi connectivity index (χ4v) is 2.64. The average molecular weight is 255 g/mol. The van der Waals surface area contributed by atoms with Crippen molar-refractivity contribution in [1.29, 1.82) is 0 Å². The lowest BCUT2D eigenvalue weighted by Gasteiger charge is -2.28. The molecule has 1 aromatic rings. The summed E-state index contributed by atoms with van der Waals surface area (Å²) in [7, 11) is 0. The molecule has 0 saturated carbocycles. The molecule has 1 saturated heterocycles. The number of hydrogen-bond donors (Lipinski definition) is 1. The maximum absolute atomic E-state index is 6.05. The zero-order chi connectivity index (χ0) is 12.7. The number of rotatable bonds is 2. The predicted octanol–water partition coefficient (Wildman–Crippen LogP) is 3.49. The summed E-state index contributed by atoms with van der Waals surface area (Å²) in [5, 5.41) is 3.94. The van der Waals surface area contributed by atoms with E-state index in [1.54, 1.807) is 6.20 Å². The number of pyridine rings is 1. The first-order chi connectivity index (χ1) is 7.80. The molecule has 17 heavy (non-hydrogen) atoms. The first-order valence-electron chi connectivity index (χ1n) is 5.87. The molecule has 1 fully saturated rings. The van der Waals surface area contributed by atoms with E-state index in [4.69, 9.17) is 16.3 Å². The van der Waals surface area contributed by atoms with Crippen molar-refractivity contribution in [2.24, 2.45) is 0 Å². The van der Waals surface area contributed by atoms with Crippen LogP contribution in [-0.2, 0) is 4.74 Å². The minimum atomic E-state index is -0.206. The van der Waals surface area contributed by atoms with E-state index < -0.39 is 0 Å². The second-order valence-corrected chi connectivity index (χ2v) is 6.07. The van der Waals surface area contributed by atoms with Crippen LogP contribution >= 0.6 is 11.6 Å². The Kier molecular flexibility index (Phi) is 3.08. The molecule has 2 rings (SSSR count). The normalized spacial score (nSPS) is 25.8. The Morgan fingerprint density at radius 3 is 2.65 bits per heavy atom. The van der Waals surface area contributed by atoms with Gasteiger partial charge in [0.15, 0.2) is 5.15 Å². The highest BCUT2D eigenvalue weighted by Gasteiger charge is 2.45. The Labute approximate surface area is 108 Å². The van der Waals surface area contributed by atoms with E-state index in [9.17, 15) is 0 Å². The molecular formula is C13H19ClN2O. The molecule has 0 aliphatic carbocycles. The summed E-state index contributed by atoms with van der Waals surface area (Å²) >= 11 is 6.05. The molecule has 0 amide bonds. The molecular weight excluding hydrogens is 236 g/mol. The Hall–Kier alpha value is -0.800. The Morgan fingerprint density at radius 1 is 1.41 bits per heavy atom. The van der Waals surface area contributed by atoms with E-state index in [2.05, 4.69) is 38.0 Å². The van der Waals surface area contributed by atoms with Crippen LogP contribution in [0.4, 0.5) is 5.69 Å². The van der Waals surface area contributed by atoms with E-state index in [-0.39, 0.29) is 17.2 Å². The predicted molar refractivity (Wildman–Crippen MR) is 70.5 cm³/mol. The minimum absolute atomic E-state index is 0.101. The highest BCUT2D eigenvalue weighted by Crippen LogP contribution is 2.39. The van der Waals surface area contributed by atoms with Crippen LogP contribution in [0.5, 0.6) is 0 Å². The number of nitrogens with one attached hydrogen (secondary N) is 1. The molecule has 1 N–H and O–H groups in total. The van der Waals surface area contributed by atoms with Crippen LogP contribution in [0.2, 0.25) is 5.15 Å². The van der Waals surface area contributed by atoms with Crippen LogP contribution in [0.3, 0.4) is 0 Å². The van der Waals surface area contributed by atoms with E-state index >= 15 is 0 Å². The molecule has 1 aliphatic rings. The fourth-order valence-electron chi connectivity index (χ4n) is 2.47. The third-order valence-electron chi connectivity index (χ3n) is 3.16. The summed E-state index contributed by atoms with van der Waals surface area (Å²) in [6.45, 7) is 8.43. The summed E-state index contributed by atoms with van der Waals surface area (Å²) < 4.78 is 6.03. The van der Waals surface area contributed by atoms with Gasteiger partial charge in [-0.2, -0.15) is 0 Å². The van der Waals surface area contributed by atoms with E-state index in [1.165, 1.54) is 0 Å². The van der Waals surface area contributed by atoms with Crippen LogP contribution in [0.25, 0.3) is 0 Å². The van der Waals surface area contributed by atoms with Crippen LogP contribution in [0.1, 0.15) is 34.1 Å². The first-order valence-corrected chi connectivity index (χ1v) is 6.25. The summed E-state index contributed by atoms with van der Waals surface area (Å²) in [5.41, 5.74) is 0.562. The van der Waals surface area contributed by atoms with Crippen LogP contribution < -0.4 is 5.32 Å². The summed E-state index contributed by atoms with van der Waals surface area (Å²) in [5.74, 6) is 0. The van der Waals surface area contributed by atoms with Gasteiger partial charge in [0.05, 0.1) is 22.9 Å². The molecule has 0 aromatic carbocycles. The number of nitrogens with zero attached hydrogens (tertiary/aromatic N) is 1. The van der Waals surface area contributed by atoms with Crippen LogP contribution in [0.15, 0.2) is 18.3 Å². The molecule has 1 aromatic heterocycles. The van der Waals surface area contributed by atoms with Crippen molar-refractivity contribution in [2.45, 2.75) is 51.4 Å². The molecule has 1 unspecified atom stereocenters. The van der Waals surface area contributed by atoms with Gasteiger partial charge in [-0.15, -0.1) is 0 Å². The molecule has 0 bridgehead atoms. The number of halogens is 1. The highest BCUT2D eigenvalue weighted by atomic mass is 35.5. The highest BCUT2D eigenvalue weighted by molar-refractivity contribution is 6.31. The zero-order valence-corrected chi connectivity index (χ0v) is 11.5. The van der Waals surface area contributed by atoms with Crippen LogP contribution in [0, 0.1) is 0 Å². The van der Waals surface area contributed by atoms with Crippen molar-refractivity contribution in [1.82, 2.24) is 4.98 Å². The number of anilines is 1. The van der Waals surface area contributed by atoms with Gasteiger partial charge in [-0.3, -0.25) is 0 Å². The standard InChI is InChI=1S/C13H19ClN2O/c1-12(2)8-10(13(3,4)17-12)16-9-6-5-7-15-11(9)14/h5-7,10,16H,8H2,1-4H3. The third-order valence-corrected chi connectivity index (χ3v) is 3.46. The molecule has 0 spiro atoms. The zero-order valence-electron chi connectivity index (χ0n) is 10.7. The Balaban J connectivity index is 2.17. The van der Waals surface area contributed by atoms with Gasteiger partial charge in [0.25, 0.3) is 0 Å². The Bertz CT molecular complexity index is 418. The SMILES string of the molecule is CC1(C)CC(Nc2cccnc2Cl)C(C)(C)O1. The van der Waals surface area contributed by atoms with Gasteiger partial charge in [0.2, 0.25) is 0 Å². The van der Waals surface area contributed by atoms with Gasteiger partial charge in [-0.05, 0) is 46.2 Å². The number of aromatic nitrogens is 1. The quantitative estimate of drug-likeness (QED) is 0.821. The molecule has 2 heterocycles. The third kappa shape index (κ3) is 2.72. The second kappa shape index (κ2) is 4.14. The maximum Gasteiger partial charge on any atom is 0.152 e. The van der Waals surface area contributed by atoms with Crippen molar-refractivity contribution in [3.63, 3.8) is 0 Å². The lowest BCUT2D eigenvalue weighted by Crippen LogP contribution is -2.38. The van der Waals surface area contributed by atoms with Crippen molar-refractivity contribution < 1.29 is 4.74 Å². The molecule has 1 aliphatic heterocycles. The smallest absolute Gasteiger partial charge is 0.152 e. The van der Waals surface area contributed by atoms with E-state index in [0.717, 1.165) is 12.1 Å². The lowest BCUT2D eigenvalue weighted by atomic mass is 9.94. The average Bonchev–Trinajstić information content (AvgIpc) is 2.38. The summed E-state index contributed by atoms with van der Waals surface area (Å²) in [6, 6.07) is 4.05. The van der Waals surface area contributed by atoms with Crippen molar-refractivity contribution in [2.75, 3.05) is 5.32 Å². The second-order valence-electron chi connectivity index (χ2n) is 5.71. The van der Waals surface area contributed by atoms with Gasteiger partial charge < -0.3 is 10.1 Å². The van der Waals surface area contributed by atoms with Gasteiger partial charge in [-0.25, -0.2) is 4.98 Å².